The molecule has 0 bridgehead atoms. The highest BCUT2D eigenvalue weighted by Gasteiger charge is 2.19. The zero-order valence-corrected chi connectivity index (χ0v) is 13.6. The van der Waals surface area contributed by atoms with Crippen LogP contribution in [0.5, 0.6) is 0 Å². The lowest BCUT2D eigenvalue weighted by atomic mass is 10.3. The van der Waals surface area contributed by atoms with Gasteiger partial charge in [-0.3, -0.25) is 4.57 Å². The topological polar surface area (TPSA) is 66.0 Å². The van der Waals surface area contributed by atoms with Crippen molar-refractivity contribution in [2.24, 2.45) is 5.73 Å². The number of ether oxygens (including phenoxy) is 1. The molecule has 1 unspecified atom stereocenters. The summed E-state index contributed by atoms with van der Waals surface area (Å²) < 4.78 is 20.6. The van der Waals surface area contributed by atoms with Crippen molar-refractivity contribution in [3.8, 4) is 5.69 Å². The fraction of sp³-hybridized carbons (Fsp3) is 0.429. The van der Waals surface area contributed by atoms with Crippen molar-refractivity contribution >= 4 is 24.2 Å². The molecule has 1 atom stereocenters. The Morgan fingerprint density at radius 3 is 2.73 bits per heavy atom. The van der Waals surface area contributed by atoms with E-state index in [1.54, 1.807) is 23.9 Å². The molecule has 0 radical (unpaired) electrons. The molecule has 22 heavy (non-hydrogen) atoms. The van der Waals surface area contributed by atoms with Crippen LogP contribution in [0.4, 0.5) is 4.39 Å². The Morgan fingerprint density at radius 2 is 2.09 bits per heavy atom. The molecule has 1 saturated heterocycles. The van der Waals surface area contributed by atoms with E-state index in [2.05, 4.69) is 10.2 Å². The maximum atomic E-state index is 13.1. The standard InChI is InChI=1S/C14H17FN4OS.ClH/c15-10-3-5-11(6-4-10)19-13(8-16)17-18-14(19)21-9-12-2-1-7-20-12;/h3-6,12H,1-2,7-9,16H2;1H. The van der Waals surface area contributed by atoms with Crippen molar-refractivity contribution < 1.29 is 9.13 Å². The van der Waals surface area contributed by atoms with Crippen LogP contribution in [0, 0.1) is 5.82 Å². The van der Waals surface area contributed by atoms with E-state index >= 15 is 0 Å². The second-order valence-electron chi connectivity index (χ2n) is 4.86. The summed E-state index contributed by atoms with van der Waals surface area (Å²) in [5.41, 5.74) is 6.53. The summed E-state index contributed by atoms with van der Waals surface area (Å²) in [6.07, 6.45) is 2.47. The van der Waals surface area contributed by atoms with Gasteiger partial charge in [-0.1, -0.05) is 11.8 Å². The number of hydrogen-bond acceptors (Lipinski definition) is 5. The Bertz CT molecular complexity index is 601. The van der Waals surface area contributed by atoms with Gasteiger partial charge in [0.15, 0.2) is 11.0 Å². The van der Waals surface area contributed by atoms with Crippen LogP contribution in [0.2, 0.25) is 0 Å². The predicted octanol–water partition coefficient (Wildman–Crippen LogP) is 2.56. The van der Waals surface area contributed by atoms with Crippen LogP contribution in [-0.4, -0.2) is 33.2 Å². The molecule has 2 aromatic rings. The summed E-state index contributed by atoms with van der Waals surface area (Å²) in [5.74, 6) is 1.23. The highest BCUT2D eigenvalue weighted by Crippen LogP contribution is 2.25. The monoisotopic (exact) mass is 344 g/mol. The number of hydrogen-bond donors (Lipinski definition) is 1. The summed E-state index contributed by atoms with van der Waals surface area (Å²) in [6, 6.07) is 6.25. The Balaban J connectivity index is 0.00000176. The van der Waals surface area contributed by atoms with E-state index in [-0.39, 0.29) is 30.9 Å². The molecule has 1 aliphatic rings. The molecule has 0 spiro atoms. The van der Waals surface area contributed by atoms with Crippen molar-refractivity contribution in [1.82, 2.24) is 14.8 Å². The minimum atomic E-state index is -0.269. The molecule has 2 N–H and O–H groups in total. The first-order valence-corrected chi connectivity index (χ1v) is 7.91. The molecular weight excluding hydrogens is 327 g/mol. The van der Waals surface area contributed by atoms with Crippen LogP contribution in [-0.2, 0) is 11.3 Å². The first-order valence-electron chi connectivity index (χ1n) is 6.92. The van der Waals surface area contributed by atoms with Crippen LogP contribution < -0.4 is 5.73 Å². The van der Waals surface area contributed by atoms with Crippen molar-refractivity contribution in [2.75, 3.05) is 12.4 Å². The molecule has 0 amide bonds. The van der Waals surface area contributed by atoms with Gasteiger partial charge in [0.2, 0.25) is 0 Å². The molecule has 1 fully saturated rings. The fourth-order valence-electron chi connectivity index (χ4n) is 2.32. The number of nitrogens with zero attached hydrogens (tertiary/aromatic N) is 3. The third-order valence-electron chi connectivity index (χ3n) is 3.39. The fourth-order valence-corrected chi connectivity index (χ4v) is 3.36. The van der Waals surface area contributed by atoms with Gasteiger partial charge in [0.05, 0.1) is 12.6 Å². The molecule has 0 saturated carbocycles. The van der Waals surface area contributed by atoms with Crippen molar-refractivity contribution in [3.05, 3.63) is 35.9 Å². The molecule has 0 aliphatic carbocycles. The molecule has 5 nitrogen and oxygen atoms in total. The average Bonchev–Trinajstić information content (AvgIpc) is 3.15. The first-order chi connectivity index (χ1) is 10.3. The van der Waals surface area contributed by atoms with Crippen molar-refractivity contribution in [3.63, 3.8) is 0 Å². The number of thioether (sulfide) groups is 1. The van der Waals surface area contributed by atoms with Crippen molar-refractivity contribution in [1.29, 1.82) is 0 Å². The highest BCUT2D eigenvalue weighted by molar-refractivity contribution is 7.99. The Kier molecular flexibility index (Phi) is 6.19. The molecule has 1 aliphatic heterocycles. The van der Waals surface area contributed by atoms with Crippen LogP contribution in [0.1, 0.15) is 18.7 Å². The van der Waals surface area contributed by atoms with Gasteiger partial charge in [-0.05, 0) is 37.1 Å². The molecule has 1 aromatic carbocycles. The highest BCUT2D eigenvalue weighted by atomic mass is 35.5. The quantitative estimate of drug-likeness (QED) is 0.844. The van der Waals surface area contributed by atoms with Crippen LogP contribution in [0.3, 0.4) is 0 Å². The third kappa shape index (κ3) is 3.78. The van der Waals surface area contributed by atoms with E-state index in [0.717, 1.165) is 36.0 Å². The zero-order chi connectivity index (χ0) is 14.7. The van der Waals surface area contributed by atoms with E-state index in [9.17, 15) is 4.39 Å². The lowest BCUT2D eigenvalue weighted by molar-refractivity contribution is 0.129. The van der Waals surface area contributed by atoms with Gasteiger partial charge in [0.1, 0.15) is 5.82 Å². The molecule has 1 aromatic heterocycles. The largest absolute Gasteiger partial charge is 0.377 e. The predicted molar refractivity (Wildman–Crippen MR) is 86.2 cm³/mol. The molecule has 2 heterocycles. The van der Waals surface area contributed by atoms with Gasteiger partial charge >= 0.3 is 0 Å². The van der Waals surface area contributed by atoms with Gasteiger partial charge < -0.3 is 10.5 Å². The van der Waals surface area contributed by atoms with Gasteiger partial charge in [-0.2, -0.15) is 0 Å². The Morgan fingerprint density at radius 1 is 1.32 bits per heavy atom. The second kappa shape index (κ2) is 7.92. The van der Waals surface area contributed by atoms with E-state index in [0.29, 0.717) is 5.82 Å². The molecule has 3 rings (SSSR count). The first kappa shape index (κ1) is 17.2. The Labute approximate surface area is 138 Å². The SMILES string of the molecule is Cl.NCc1nnc(SCC2CCCO2)n1-c1ccc(F)cc1. The number of aromatic nitrogens is 3. The minimum absolute atomic E-state index is 0. The zero-order valence-electron chi connectivity index (χ0n) is 11.9. The van der Waals surface area contributed by atoms with Gasteiger partial charge in [-0.15, -0.1) is 22.6 Å². The average molecular weight is 345 g/mol. The van der Waals surface area contributed by atoms with E-state index < -0.39 is 0 Å². The maximum Gasteiger partial charge on any atom is 0.195 e. The summed E-state index contributed by atoms with van der Waals surface area (Å²) in [6.45, 7) is 1.12. The smallest absolute Gasteiger partial charge is 0.195 e. The van der Waals surface area contributed by atoms with E-state index in [1.165, 1.54) is 12.1 Å². The minimum Gasteiger partial charge on any atom is -0.377 e. The summed E-state index contributed by atoms with van der Waals surface area (Å²) in [5, 5.41) is 9.07. The van der Waals surface area contributed by atoms with Crippen LogP contribution >= 0.6 is 24.2 Å². The number of rotatable bonds is 5. The van der Waals surface area contributed by atoms with Gasteiger partial charge in [-0.25, -0.2) is 4.39 Å². The third-order valence-corrected chi connectivity index (χ3v) is 4.45. The second-order valence-corrected chi connectivity index (χ2v) is 5.85. The van der Waals surface area contributed by atoms with E-state index in [4.69, 9.17) is 10.5 Å². The van der Waals surface area contributed by atoms with Gasteiger partial charge in [0.25, 0.3) is 0 Å². The summed E-state index contributed by atoms with van der Waals surface area (Å²) >= 11 is 1.59. The van der Waals surface area contributed by atoms with Crippen molar-refractivity contribution in [2.45, 2.75) is 30.6 Å². The lowest BCUT2D eigenvalue weighted by Crippen LogP contribution is -2.10. The lowest BCUT2D eigenvalue weighted by Gasteiger charge is -2.11. The summed E-state index contributed by atoms with van der Waals surface area (Å²) in [4.78, 5) is 0. The summed E-state index contributed by atoms with van der Waals surface area (Å²) in [7, 11) is 0. The van der Waals surface area contributed by atoms with E-state index in [1.807, 2.05) is 4.57 Å². The number of halogens is 2. The number of benzene rings is 1. The normalized spacial score (nSPS) is 17.5. The number of nitrogens with two attached hydrogens (primary N) is 1. The maximum absolute atomic E-state index is 13.1. The molecular formula is C14H18ClFN4OS. The van der Waals surface area contributed by atoms with Gasteiger partial charge in [0, 0.05) is 18.0 Å². The Hall–Kier alpha value is -1.15. The van der Waals surface area contributed by atoms with Crippen LogP contribution in [0.15, 0.2) is 29.4 Å². The molecule has 120 valence electrons. The molecule has 8 heteroatoms. The van der Waals surface area contributed by atoms with Crippen LogP contribution in [0.25, 0.3) is 5.69 Å².